The number of ketones is 2. The maximum Gasteiger partial charge on any atom is 0.341 e. The summed E-state index contributed by atoms with van der Waals surface area (Å²) < 4.78 is 4.98. The Morgan fingerprint density at radius 3 is 2.00 bits per heavy atom. The van der Waals surface area contributed by atoms with Crippen LogP contribution in [0, 0.1) is 0 Å². The first kappa shape index (κ1) is 20.8. The highest BCUT2D eigenvalue weighted by Gasteiger charge is 2.29. The topological polar surface area (TPSA) is 89.5 Å². The molecule has 1 aliphatic rings. The van der Waals surface area contributed by atoms with Crippen LogP contribution < -0.4 is 5.32 Å². The number of carbonyl (C=O) groups is 4. The van der Waals surface area contributed by atoms with Crippen molar-refractivity contribution in [3.05, 3.63) is 98.5 Å². The van der Waals surface area contributed by atoms with Crippen LogP contribution in [0.1, 0.15) is 42.2 Å². The Hall–Kier alpha value is -3.48. The van der Waals surface area contributed by atoms with E-state index in [2.05, 4.69) is 5.32 Å². The zero-order chi connectivity index (χ0) is 22.1. The standard InChI is InChI=1S/C23H13Cl2NO5/c24-17-6-3-7-18(25)20(17)23(30)31-11-19(27)26-12-8-9-15-16(10-12)22(29)14-5-2-1-4-13(14)21(15)28/h1-10H,11H2,(H,26,27). The second kappa shape index (κ2) is 8.34. The largest absolute Gasteiger partial charge is 0.452 e. The van der Waals surface area contributed by atoms with Gasteiger partial charge < -0.3 is 10.1 Å². The number of benzene rings is 3. The molecule has 0 saturated heterocycles. The van der Waals surface area contributed by atoms with Gasteiger partial charge in [-0.15, -0.1) is 0 Å². The van der Waals surface area contributed by atoms with Crippen LogP contribution in [0.15, 0.2) is 60.7 Å². The van der Waals surface area contributed by atoms with Gasteiger partial charge in [-0.25, -0.2) is 4.79 Å². The number of nitrogens with one attached hydrogen (secondary N) is 1. The Balaban J connectivity index is 1.47. The molecule has 0 saturated carbocycles. The van der Waals surface area contributed by atoms with Crippen LogP contribution in [0.3, 0.4) is 0 Å². The lowest BCUT2D eigenvalue weighted by atomic mass is 9.84. The molecule has 0 unspecified atom stereocenters. The average Bonchev–Trinajstić information content (AvgIpc) is 2.76. The molecule has 0 atom stereocenters. The molecule has 0 bridgehead atoms. The minimum absolute atomic E-state index is 0.0322. The van der Waals surface area contributed by atoms with Crippen molar-refractivity contribution in [2.75, 3.05) is 11.9 Å². The molecule has 3 aromatic rings. The highest BCUT2D eigenvalue weighted by molar-refractivity contribution is 6.39. The second-order valence-electron chi connectivity index (χ2n) is 6.69. The summed E-state index contributed by atoms with van der Waals surface area (Å²) in [7, 11) is 0. The molecule has 0 heterocycles. The molecule has 1 N–H and O–H groups in total. The van der Waals surface area contributed by atoms with E-state index in [1.54, 1.807) is 30.3 Å². The summed E-state index contributed by atoms with van der Waals surface area (Å²) in [6, 6.07) is 15.5. The second-order valence-corrected chi connectivity index (χ2v) is 7.50. The highest BCUT2D eigenvalue weighted by atomic mass is 35.5. The molecular weight excluding hydrogens is 441 g/mol. The first-order valence-corrected chi connectivity index (χ1v) is 9.86. The van der Waals surface area contributed by atoms with Gasteiger partial charge in [0.25, 0.3) is 5.91 Å². The van der Waals surface area contributed by atoms with E-state index >= 15 is 0 Å². The lowest BCUT2D eigenvalue weighted by molar-refractivity contribution is -0.119. The molecule has 1 amide bonds. The maximum absolute atomic E-state index is 12.8. The third-order valence-electron chi connectivity index (χ3n) is 4.71. The number of rotatable bonds is 4. The van der Waals surface area contributed by atoms with Crippen molar-refractivity contribution >= 4 is 52.3 Å². The Labute approximate surface area is 186 Å². The normalized spacial score (nSPS) is 12.1. The molecule has 3 aromatic carbocycles. The summed E-state index contributed by atoms with van der Waals surface area (Å²) in [5.74, 6) is -2.03. The van der Waals surface area contributed by atoms with E-state index < -0.39 is 18.5 Å². The van der Waals surface area contributed by atoms with E-state index in [9.17, 15) is 19.2 Å². The quantitative estimate of drug-likeness (QED) is 0.457. The van der Waals surface area contributed by atoms with Gasteiger partial charge in [0.2, 0.25) is 0 Å². The van der Waals surface area contributed by atoms with Crippen molar-refractivity contribution in [1.82, 2.24) is 0 Å². The van der Waals surface area contributed by atoms with E-state index in [4.69, 9.17) is 27.9 Å². The molecule has 6 nitrogen and oxygen atoms in total. The molecule has 1 aliphatic carbocycles. The van der Waals surface area contributed by atoms with Gasteiger partial charge in [-0.3, -0.25) is 14.4 Å². The number of amides is 1. The van der Waals surface area contributed by atoms with Gasteiger partial charge in [-0.2, -0.15) is 0 Å². The molecule has 154 valence electrons. The molecule has 0 aromatic heterocycles. The van der Waals surface area contributed by atoms with Crippen LogP contribution in [0.5, 0.6) is 0 Å². The van der Waals surface area contributed by atoms with Crippen LogP contribution in [-0.4, -0.2) is 30.0 Å². The Morgan fingerprint density at radius 1 is 0.774 bits per heavy atom. The van der Waals surface area contributed by atoms with Gasteiger partial charge in [0.05, 0.1) is 15.6 Å². The number of hydrogen-bond donors (Lipinski definition) is 1. The SMILES string of the molecule is O=C(COC(=O)c1c(Cl)cccc1Cl)Nc1ccc2c(c1)C(=O)c1ccccc1C2=O. The van der Waals surface area contributed by atoms with Gasteiger partial charge in [-0.05, 0) is 30.3 Å². The van der Waals surface area contributed by atoms with E-state index in [1.165, 1.54) is 30.3 Å². The van der Waals surface area contributed by atoms with Gasteiger partial charge in [-0.1, -0.05) is 53.5 Å². The van der Waals surface area contributed by atoms with Crippen molar-refractivity contribution in [1.29, 1.82) is 0 Å². The van der Waals surface area contributed by atoms with Crippen molar-refractivity contribution in [3.63, 3.8) is 0 Å². The third kappa shape index (κ3) is 3.95. The number of anilines is 1. The summed E-state index contributed by atoms with van der Waals surface area (Å²) in [5, 5.41) is 2.76. The smallest absolute Gasteiger partial charge is 0.341 e. The molecule has 8 heteroatoms. The van der Waals surface area contributed by atoms with Crippen LogP contribution in [0.2, 0.25) is 10.0 Å². The summed E-state index contributed by atoms with van der Waals surface area (Å²) in [6.07, 6.45) is 0. The monoisotopic (exact) mass is 453 g/mol. The highest BCUT2D eigenvalue weighted by Crippen LogP contribution is 2.29. The minimum Gasteiger partial charge on any atom is -0.452 e. The lowest BCUT2D eigenvalue weighted by Gasteiger charge is -2.18. The average molecular weight is 454 g/mol. The van der Waals surface area contributed by atoms with E-state index in [-0.39, 0.29) is 44.0 Å². The predicted molar refractivity (Wildman–Crippen MR) is 115 cm³/mol. The Morgan fingerprint density at radius 2 is 1.35 bits per heavy atom. The molecule has 0 spiro atoms. The summed E-state index contributed by atoms with van der Waals surface area (Å²) >= 11 is 11.9. The zero-order valence-electron chi connectivity index (χ0n) is 15.8. The first-order valence-electron chi connectivity index (χ1n) is 9.10. The number of esters is 1. The third-order valence-corrected chi connectivity index (χ3v) is 5.34. The number of hydrogen-bond acceptors (Lipinski definition) is 5. The van der Waals surface area contributed by atoms with E-state index in [0.29, 0.717) is 11.1 Å². The summed E-state index contributed by atoms with van der Waals surface area (Å²) in [4.78, 5) is 49.8. The molecule has 0 radical (unpaired) electrons. The summed E-state index contributed by atoms with van der Waals surface area (Å²) in [6.45, 7) is -0.590. The van der Waals surface area contributed by atoms with Crippen LogP contribution in [-0.2, 0) is 9.53 Å². The predicted octanol–water partition coefficient (Wildman–Crippen LogP) is 4.56. The Kier molecular flexibility index (Phi) is 5.59. The molecule has 0 aliphatic heterocycles. The van der Waals surface area contributed by atoms with Crippen LogP contribution in [0.4, 0.5) is 5.69 Å². The first-order chi connectivity index (χ1) is 14.9. The molecular formula is C23H13Cl2NO5. The van der Waals surface area contributed by atoms with Gasteiger partial charge in [0.1, 0.15) is 0 Å². The van der Waals surface area contributed by atoms with E-state index in [0.717, 1.165) is 0 Å². The number of halogens is 2. The fourth-order valence-corrected chi connectivity index (χ4v) is 3.82. The summed E-state index contributed by atoms with van der Waals surface area (Å²) in [5.41, 5.74) is 1.38. The van der Waals surface area contributed by atoms with Gasteiger partial charge in [0, 0.05) is 27.9 Å². The molecule has 4 rings (SSSR count). The fourth-order valence-electron chi connectivity index (χ4n) is 3.27. The lowest BCUT2D eigenvalue weighted by Crippen LogP contribution is -2.23. The van der Waals surface area contributed by atoms with Crippen molar-refractivity contribution in [3.8, 4) is 0 Å². The van der Waals surface area contributed by atoms with Crippen molar-refractivity contribution in [2.45, 2.75) is 0 Å². The Bertz CT molecular complexity index is 1250. The van der Waals surface area contributed by atoms with E-state index in [1.807, 2.05) is 0 Å². The zero-order valence-corrected chi connectivity index (χ0v) is 17.3. The minimum atomic E-state index is -0.839. The van der Waals surface area contributed by atoms with Gasteiger partial charge in [0.15, 0.2) is 18.2 Å². The fraction of sp³-hybridized carbons (Fsp3) is 0.0435. The van der Waals surface area contributed by atoms with Gasteiger partial charge >= 0.3 is 5.97 Å². The van der Waals surface area contributed by atoms with Crippen molar-refractivity contribution in [2.24, 2.45) is 0 Å². The van der Waals surface area contributed by atoms with Crippen LogP contribution in [0.25, 0.3) is 0 Å². The number of fused-ring (bicyclic) bond motifs is 2. The number of carbonyl (C=O) groups excluding carboxylic acids is 4. The van der Waals surface area contributed by atoms with Crippen LogP contribution >= 0.6 is 23.2 Å². The maximum atomic E-state index is 12.8. The van der Waals surface area contributed by atoms with Crippen molar-refractivity contribution < 1.29 is 23.9 Å². The molecule has 0 fully saturated rings. The molecule has 31 heavy (non-hydrogen) atoms. The number of ether oxygens (including phenoxy) is 1.